The molecule has 2 aromatic carbocycles. The van der Waals surface area contributed by atoms with Gasteiger partial charge in [-0.1, -0.05) is 55.8 Å². The highest BCUT2D eigenvalue weighted by Crippen LogP contribution is 2.28. The van der Waals surface area contributed by atoms with Crippen molar-refractivity contribution in [2.75, 3.05) is 33.9 Å². The van der Waals surface area contributed by atoms with Crippen LogP contribution in [0.5, 0.6) is 11.5 Å². The molecule has 0 N–H and O–H groups in total. The second-order valence-corrected chi connectivity index (χ2v) is 11.6. The second kappa shape index (κ2) is 14.7. The van der Waals surface area contributed by atoms with Crippen molar-refractivity contribution in [2.45, 2.75) is 32.7 Å². The molecule has 1 amide bonds. The van der Waals surface area contributed by atoms with Crippen LogP contribution >= 0.6 is 11.3 Å². The molecule has 3 rings (SSSR count). The summed E-state index contributed by atoms with van der Waals surface area (Å²) in [7, 11) is -0.611. The Hall–Kier alpha value is -3.14. The molecule has 9 heteroatoms. The van der Waals surface area contributed by atoms with E-state index >= 15 is 0 Å². The number of sulfonamides is 1. The van der Waals surface area contributed by atoms with E-state index in [1.165, 1.54) is 9.71 Å². The van der Waals surface area contributed by atoms with Crippen LogP contribution in [0.4, 0.5) is 0 Å². The molecule has 38 heavy (non-hydrogen) atoms. The Morgan fingerprint density at radius 3 is 2.39 bits per heavy atom. The summed E-state index contributed by atoms with van der Waals surface area (Å²) in [5.41, 5.74) is 1.78. The van der Waals surface area contributed by atoms with Crippen LogP contribution in [0.3, 0.4) is 0 Å². The molecule has 0 saturated carbocycles. The minimum atomic E-state index is -3.79. The van der Waals surface area contributed by atoms with Gasteiger partial charge in [-0.15, -0.1) is 11.3 Å². The summed E-state index contributed by atoms with van der Waals surface area (Å²) in [5.74, 6) is 1.04. The number of carbonyl (C=O) groups is 1. The Bertz CT molecular complexity index is 1280. The standard InChI is InChI=1S/C29H36N2O5S2/c1-4-5-17-31(38(33,34)20-16-24-10-7-6-8-11-24)23-29(32)30(22-26-12-9-19-37-26)18-15-25-13-14-27(35-2)28(21-25)36-3/h6-14,16,19-21H,4-5,15,17-18,22-23H2,1-3H3. The Morgan fingerprint density at radius 1 is 0.974 bits per heavy atom. The van der Waals surface area contributed by atoms with E-state index in [2.05, 4.69) is 0 Å². The Balaban J connectivity index is 1.78. The zero-order valence-electron chi connectivity index (χ0n) is 22.2. The van der Waals surface area contributed by atoms with Crippen molar-refractivity contribution in [2.24, 2.45) is 0 Å². The molecule has 0 aliphatic carbocycles. The van der Waals surface area contributed by atoms with E-state index in [1.807, 2.05) is 73.0 Å². The topological polar surface area (TPSA) is 76.2 Å². The molecule has 1 aromatic heterocycles. The van der Waals surface area contributed by atoms with Gasteiger partial charge in [-0.3, -0.25) is 4.79 Å². The first-order chi connectivity index (χ1) is 18.4. The van der Waals surface area contributed by atoms with Crippen LogP contribution in [0, 0.1) is 0 Å². The number of carbonyl (C=O) groups excluding carboxylic acids is 1. The van der Waals surface area contributed by atoms with Crippen molar-refractivity contribution in [1.29, 1.82) is 0 Å². The summed E-state index contributed by atoms with van der Waals surface area (Å²) >= 11 is 1.57. The van der Waals surface area contributed by atoms with Gasteiger partial charge in [0.2, 0.25) is 15.9 Å². The van der Waals surface area contributed by atoms with Gasteiger partial charge in [0.1, 0.15) is 0 Å². The van der Waals surface area contributed by atoms with Crippen LogP contribution in [-0.4, -0.2) is 57.4 Å². The molecule has 0 bridgehead atoms. The van der Waals surface area contributed by atoms with Gasteiger partial charge in [-0.05, 0) is 53.6 Å². The van der Waals surface area contributed by atoms with Crippen LogP contribution in [0.1, 0.15) is 35.8 Å². The third-order valence-electron chi connectivity index (χ3n) is 6.06. The summed E-state index contributed by atoms with van der Waals surface area (Å²) < 4.78 is 38.5. The van der Waals surface area contributed by atoms with E-state index in [0.717, 1.165) is 22.4 Å². The lowest BCUT2D eigenvalue weighted by Crippen LogP contribution is -2.43. The fourth-order valence-electron chi connectivity index (χ4n) is 3.88. The smallest absolute Gasteiger partial charge is 0.238 e. The van der Waals surface area contributed by atoms with Gasteiger partial charge in [-0.2, -0.15) is 4.31 Å². The predicted molar refractivity (Wildman–Crippen MR) is 154 cm³/mol. The van der Waals surface area contributed by atoms with Gasteiger partial charge < -0.3 is 14.4 Å². The predicted octanol–water partition coefficient (Wildman–Crippen LogP) is 5.44. The molecule has 0 aliphatic rings. The molecule has 3 aromatic rings. The number of methoxy groups -OCH3 is 2. The minimum Gasteiger partial charge on any atom is -0.493 e. The minimum absolute atomic E-state index is 0.210. The van der Waals surface area contributed by atoms with E-state index < -0.39 is 10.0 Å². The molecular formula is C29H36N2O5S2. The van der Waals surface area contributed by atoms with Gasteiger partial charge in [-0.25, -0.2) is 8.42 Å². The highest BCUT2D eigenvalue weighted by molar-refractivity contribution is 7.92. The van der Waals surface area contributed by atoms with Gasteiger partial charge in [0, 0.05) is 23.4 Å². The number of amides is 1. The maximum absolute atomic E-state index is 13.6. The van der Waals surface area contributed by atoms with Crippen molar-refractivity contribution in [3.63, 3.8) is 0 Å². The molecule has 0 unspecified atom stereocenters. The molecule has 204 valence electrons. The molecule has 0 saturated heterocycles. The number of hydrogen-bond donors (Lipinski definition) is 0. The molecule has 0 radical (unpaired) electrons. The van der Waals surface area contributed by atoms with Crippen molar-refractivity contribution >= 4 is 33.3 Å². The monoisotopic (exact) mass is 556 g/mol. The Kier molecular flexibility index (Phi) is 11.4. The third-order valence-corrected chi connectivity index (χ3v) is 8.44. The third kappa shape index (κ3) is 8.72. The average molecular weight is 557 g/mol. The van der Waals surface area contributed by atoms with Crippen LogP contribution in [0.15, 0.2) is 71.5 Å². The molecule has 7 nitrogen and oxygen atoms in total. The van der Waals surface area contributed by atoms with Crippen LogP contribution in [0.2, 0.25) is 0 Å². The van der Waals surface area contributed by atoms with Gasteiger partial charge in [0.25, 0.3) is 0 Å². The van der Waals surface area contributed by atoms with Crippen molar-refractivity contribution < 1.29 is 22.7 Å². The fourth-order valence-corrected chi connectivity index (χ4v) is 5.77. The van der Waals surface area contributed by atoms with Gasteiger partial charge in [0.05, 0.1) is 27.3 Å². The summed E-state index contributed by atoms with van der Waals surface area (Å²) in [6.07, 6.45) is 3.65. The SMILES string of the molecule is CCCCN(CC(=O)N(CCc1ccc(OC)c(OC)c1)Cc1cccs1)S(=O)(=O)C=Cc1ccccc1. The summed E-state index contributed by atoms with van der Waals surface area (Å²) in [6.45, 7) is 2.93. The zero-order valence-corrected chi connectivity index (χ0v) is 23.8. The molecule has 1 heterocycles. The van der Waals surface area contributed by atoms with Crippen LogP contribution in [-0.2, 0) is 27.8 Å². The highest BCUT2D eigenvalue weighted by atomic mass is 32.2. The highest BCUT2D eigenvalue weighted by Gasteiger charge is 2.25. The van der Waals surface area contributed by atoms with Crippen molar-refractivity contribution in [3.05, 3.63) is 87.5 Å². The quantitative estimate of drug-likeness (QED) is 0.249. The molecular weight excluding hydrogens is 520 g/mol. The van der Waals surface area contributed by atoms with E-state index in [9.17, 15) is 13.2 Å². The molecule has 0 fully saturated rings. The lowest BCUT2D eigenvalue weighted by atomic mass is 10.1. The number of nitrogens with zero attached hydrogens (tertiary/aromatic N) is 2. The summed E-state index contributed by atoms with van der Waals surface area (Å²) in [5, 5.41) is 3.16. The van der Waals surface area contributed by atoms with E-state index in [1.54, 1.807) is 36.5 Å². The lowest BCUT2D eigenvalue weighted by molar-refractivity contribution is -0.132. The second-order valence-electron chi connectivity index (χ2n) is 8.78. The van der Waals surface area contributed by atoms with Crippen molar-refractivity contribution in [1.82, 2.24) is 9.21 Å². The number of benzene rings is 2. The Morgan fingerprint density at radius 2 is 1.74 bits per heavy atom. The largest absolute Gasteiger partial charge is 0.493 e. The van der Waals surface area contributed by atoms with E-state index in [0.29, 0.717) is 37.4 Å². The van der Waals surface area contributed by atoms with E-state index in [-0.39, 0.29) is 19.0 Å². The number of hydrogen-bond acceptors (Lipinski definition) is 6. The first-order valence-electron chi connectivity index (χ1n) is 12.6. The molecule has 0 atom stereocenters. The van der Waals surface area contributed by atoms with Crippen molar-refractivity contribution in [3.8, 4) is 11.5 Å². The fraction of sp³-hybridized carbons (Fsp3) is 0.345. The number of unbranched alkanes of at least 4 members (excludes halogenated alkanes) is 1. The summed E-state index contributed by atoms with van der Waals surface area (Å²) in [6, 6.07) is 18.9. The average Bonchev–Trinajstić information content (AvgIpc) is 3.45. The van der Waals surface area contributed by atoms with E-state index in [4.69, 9.17) is 9.47 Å². The number of ether oxygens (including phenoxy) is 2. The normalized spacial score (nSPS) is 11.7. The zero-order chi connectivity index (χ0) is 27.4. The first kappa shape index (κ1) is 29.4. The molecule has 0 spiro atoms. The van der Waals surface area contributed by atoms with Gasteiger partial charge >= 0.3 is 0 Å². The Labute approximate surface area is 230 Å². The molecule has 0 aliphatic heterocycles. The number of rotatable bonds is 15. The van der Waals surface area contributed by atoms with Gasteiger partial charge in [0.15, 0.2) is 11.5 Å². The maximum Gasteiger partial charge on any atom is 0.238 e. The lowest BCUT2D eigenvalue weighted by Gasteiger charge is -2.26. The van der Waals surface area contributed by atoms with Crippen LogP contribution < -0.4 is 9.47 Å². The summed E-state index contributed by atoms with van der Waals surface area (Å²) in [4.78, 5) is 16.3. The number of thiophene rings is 1. The first-order valence-corrected chi connectivity index (χ1v) is 15.0. The van der Waals surface area contributed by atoms with Crippen LogP contribution in [0.25, 0.3) is 6.08 Å². The maximum atomic E-state index is 13.6.